The van der Waals surface area contributed by atoms with Crippen LogP contribution in [0.4, 0.5) is 33.6 Å². The minimum atomic E-state index is -0.988. The number of ether oxygens (including phenoxy) is 3. The van der Waals surface area contributed by atoms with Gasteiger partial charge in [0.25, 0.3) is 0 Å². The van der Waals surface area contributed by atoms with Crippen LogP contribution in [0.2, 0.25) is 5.02 Å². The number of nitriles is 1. The topological polar surface area (TPSA) is 133 Å². The lowest BCUT2D eigenvalue weighted by molar-refractivity contribution is 0.0240. The highest BCUT2D eigenvalue weighted by Gasteiger charge is 2.49. The van der Waals surface area contributed by atoms with Crippen molar-refractivity contribution in [1.29, 1.82) is 5.26 Å². The molecule has 0 spiro atoms. The number of amides is 2. The minimum Gasteiger partial charge on any atom is -0.461 e. The zero-order valence-corrected chi connectivity index (χ0v) is 33.6. The molecule has 56 heavy (non-hydrogen) atoms. The van der Waals surface area contributed by atoms with E-state index in [0.717, 1.165) is 36.8 Å². The van der Waals surface area contributed by atoms with Crippen LogP contribution in [0.15, 0.2) is 18.2 Å². The number of thiophene rings is 1. The Morgan fingerprint density at radius 2 is 1.79 bits per heavy atom. The summed E-state index contributed by atoms with van der Waals surface area (Å²) in [6, 6.07) is 5.90. The molecule has 4 aromatic rings. The van der Waals surface area contributed by atoms with Gasteiger partial charge in [-0.05, 0) is 78.6 Å². The Hall–Kier alpha value is -4.59. The third-order valence-corrected chi connectivity index (χ3v) is 11.5. The van der Waals surface area contributed by atoms with Gasteiger partial charge in [0.05, 0.1) is 20.8 Å². The molecule has 1 N–H and O–H groups in total. The molecule has 12 nitrogen and oxygen atoms in total. The third-order valence-electron chi connectivity index (χ3n) is 10.1. The molecule has 0 bridgehead atoms. The van der Waals surface area contributed by atoms with Gasteiger partial charge in [-0.15, -0.1) is 11.3 Å². The Bertz CT molecular complexity index is 2260. The monoisotopic (exact) mass is 813 g/mol. The normalized spacial score (nSPS) is 20.3. The van der Waals surface area contributed by atoms with E-state index < -0.39 is 46.7 Å². The van der Waals surface area contributed by atoms with E-state index in [2.05, 4.69) is 15.2 Å². The maximum Gasteiger partial charge on any atom is 0.412 e. The van der Waals surface area contributed by atoms with Crippen LogP contribution < -0.4 is 15.0 Å². The summed E-state index contributed by atoms with van der Waals surface area (Å²) in [5, 5.41) is 13.1. The number of piperazine rings is 1. The van der Waals surface area contributed by atoms with Gasteiger partial charge >= 0.3 is 18.2 Å². The highest BCUT2D eigenvalue weighted by molar-refractivity contribution is 7.23. The molecule has 298 valence electrons. The molecule has 7 rings (SSSR count). The molecule has 2 aromatic carbocycles. The summed E-state index contributed by atoms with van der Waals surface area (Å²) < 4.78 is 64.5. The van der Waals surface area contributed by atoms with E-state index in [0.29, 0.717) is 45.0 Å². The number of aromatic nitrogens is 2. The molecule has 3 saturated heterocycles. The highest BCUT2D eigenvalue weighted by Crippen LogP contribution is 2.47. The van der Waals surface area contributed by atoms with Crippen LogP contribution in [0.3, 0.4) is 0 Å². The van der Waals surface area contributed by atoms with Crippen LogP contribution in [-0.2, 0) is 9.47 Å². The number of carbonyl (C=O) groups is 2. The van der Waals surface area contributed by atoms with Gasteiger partial charge in [-0.3, -0.25) is 10.2 Å². The molecular weight excluding hydrogens is 771 g/mol. The maximum atomic E-state index is 17.3. The van der Waals surface area contributed by atoms with Crippen molar-refractivity contribution in [3.05, 3.63) is 40.4 Å². The highest BCUT2D eigenvalue weighted by atomic mass is 35.5. The molecule has 5 heterocycles. The standard InChI is InChI=1S/C39H43ClF3N7O5S/c1-37(2,3)54-35(51)47-33-24(18-44)27-22(8-9-26(42)31(27)56-33)28-25(40)16-23-30(29(28)43)45-34(53-20-39-10-7-11-50(39)19-21(41)17-39)46-32(23)48-12-14-49(15-13-48)36(52)55-38(4,5)6/h8-9,16,21H,7,10-15,17,19-20H2,1-6H3,(H,47,51)/t21-,39+/m1/s1. The summed E-state index contributed by atoms with van der Waals surface area (Å²) >= 11 is 7.73. The van der Waals surface area contributed by atoms with Crippen molar-refractivity contribution in [3.63, 3.8) is 0 Å². The van der Waals surface area contributed by atoms with E-state index in [4.69, 9.17) is 30.8 Å². The molecule has 2 aromatic heterocycles. The third kappa shape index (κ3) is 7.73. The van der Waals surface area contributed by atoms with Crippen molar-refractivity contribution in [1.82, 2.24) is 19.8 Å². The molecule has 0 unspecified atom stereocenters. The number of hydrogen-bond acceptors (Lipinski definition) is 11. The Kier molecular flexibility index (Phi) is 10.4. The van der Waals surface area contributed by atoms with E-state index in [-0.39, 0.29) is 60.3 Å². The molecule has 0 radical (unpaired) electrons. The molecule has 0 saturated carbocycles. The number of anilines is 2. The Labute approximate surface area is 331 Å². The van der Waals surface area contributed by atoms with Gasteiger partial charge in [-0.25, -0.2) is 22.8 Å². The van der Waals surface area contributed by atoms with E-state index >= 15 is 8.78 Å². The minimum absolute atomic E-state index is 0.000894. The van der Waals surface area contributed by atoms with Crippen molar-refractivity contribution < 1.29 is 37.0 Å². The Morgan fingerprint density at radius 3 is 2.46 bits per heavy atom. The fourth-order valence-corrected chi connectivity index (χ4v) is 9.12. The summed E-state index contributed by atoms with van der Waals surface area (Å²) in [6.45, 7) is 12.8. The lowest BCUT2D eigenvalue weighted by atomic mass is 9.95. The second kappa shape index (κ2) is 14.7. The molecule has 3 fully saturated rings. The van der Waals surface area contributed by atoms with Gasteiger partial charge < -0.3 is 24.0 Å². The Balaban J connectivity index is 1.32. The second-order valence-corrected chi connectivity index (χ2v) is 17.9. The van der Waals surface area contributed by atoms with Gasteiger partial charge in [0.2, 0.25) is 0 Å². The zero-order chi connectivity index (χ0) is 40.3. The predicted molar refractivity (Wildman–Crippen MR) is 208 cm³/mol. The number of nitrogens with zero attached hydrogens (tertiary/aromatic N) is 6. The van der Waals surface area contributed by atoms with Crippen molar-refractivity contribution >= 4 is 66.9 Å². The first-order valence-corrected chi connectivity index (χ1v) is 19.7. The number of nitrogens with one attached hydrogen (secondary N) is 1. The fourth-order valence-electron chi connectivity index (χ4n) is 7.76. The van der Waals surface area contributed by atoms with Gasteiger partial charge in [-0.2, -0.15) is 15.2 Å². The SMILES string of the molecule is CC(C)(C)OC(=O)Nc1sc2c(F)ccc(-c3c(Cl)cc4c(N5CCN(C(=O)OC(C)(C)C)CC5)nc(OC[C@@]56CCCN5C[C@H](F)C6)nc4c3F)c2c1C#N. The molecule has 2 atom stereocenters. The fraction of sp³-hybridized carbons (Fsp3) is 0.513. The van der Waals surface area contributed by atoms with E-state index in [9.17, 15) is 19.2 Å². The number of benzene rings is 2. The van der Waals surface area contributed by atoms with Gasteiger partial charge in [0.1, 0.15) is 52.2 Å². The summed E-state index contributed by atoms with van der Waals surface area (Å²) in [6.07, 6.45) is -0.342. The maximum absolute atomic E-state index is 17.3. The second-order valence-electron chi connectivity index (χ2n) is 16.4. The van der Waals surface area contributed by atoms with E-state index in [1.54, 1.807) is 46.4 Å². The molecule has 17 heteroatoms. The first-order valence-electron chi connectivity index (χ1n) is 18.5. The van der Waals surface area contributed by atoms with Crippen LogP contribution in [-0.4, -0.2) is 101 Å². The van der Waals surface area contributed by atoms with E-state index in [1.165, 1.54) is 12.1 Å². The van der Waals surface area contributed by atoms with Crippen molar-refractivity contribution in [2.45, 2.75) is 83.7 Å². The largest absolute Gasteiger partial charge is 0.461 e. The average molecular weight is 814 g/mol. The molecular formula is C39H43ClF3N7O5S. The number of carbonyl (C=O) groups excluding carboxylic acids is 2. The van der Waals surface area contributed by atoms with Gasteiger partial charge in [0.15, 0.2) is 5.82 Å². The number of rotatable bonds is 6. The van der Waals surface area contributed by atoms with Gasteiger partial charge in [-0.1, -0.05) is 17.7 Å². The van der Waals surface area contributed by atoms with Crippen LogP contribution >= 0.6 is 22.9 Å². The van der Waals surface area contributed by atoms with Crippen LogP contribution in [0.5, 0.6) is 6.01 Å². The number of hydrogen-bond donors (Lipinski definition) is 1. The molecule has 3 aliphatic heterocycles. The molecule has 0 aliphatic carbocycles. The van der Waals surface area contributed by atoms with Crippen molar-refractivity contribution in [2.24, 2.45) is 0 Å². The first kappa shape index (κ1) is 39.6. The quantitative estimate of drug-likeness (QED) is 0.202. The summed E-state index contributed by atoms with van der Waals surface area (Å²) in [5.74, 6) is -1.24. The lowest BCUT2D eigenvalue weighted by Gasteiger charge is -2.36. The first-order chi connectivity index (χ1) is 26.4. The van der Waals surface area contributed by atoms with Crippen molar-refractivity contribution in [2.75, 3.05) is 56.1 Å². The predicted octanol–water partition coefficient (Wildman–Crippen LogP) is 8.67. The smallest absolute Gasteiger partial charge is 0.412 e. The number of halogens is 4. The zero-order valence-electron chi connectivity index (χ0n) is 32.0. The van der Waals surface area contributed by atoms with Crippen LogP contribution in [0.25, 0.3) is 32.1 Å². The van der Waals surface area contributed by atoms with Crippen LogP contribution in [0, 0.1) is 23.0 Å². The number of fused-ring (bicyclic) bond motifs is 3. The molecule has 2 amide bonds. The lowest BCUT2D eigenvalue weighted by Crippen LogP contribution is -2.50. The summed E-state index contributed by atoms with van der Waals surface area (Å²) in [4.78, 5) is 40.4. The van der Waals surface area contributed by atoms with E-state index in [1.807, 2.05) is 11.0 Å². The Morgan fingerprint density at radius 1 is 1.07 bits per heavy atom. The molecule has 3 aliphatic rings. The van der Waals surface area contributed by atoms with Gasteiger partial charge in [0, 0.05) is 55.5 Å². The van der Waals surface area contributed by atoms with Crippen LogP contribution in [0.1, 0.15) is 66.4 Å². The summed E-state index contributed by atoms with van der Waals surface area (Å²) in [7, 11) is 0. The summed E-state index contributed by atoms with van der Waals surface area (Å²) in [5.41, 5.74) is -2.34. The average Bonchev–Trinajstić information content (AvgIpc) is 3.76. The number of alkyl halides is 1. The van der Waals surface area contributed by atoms with Crippen molar-refractivity contribution in [3.8, 4) is 23.2 Å².